The Kier molecular flexibility index (Phi) is 6.44. The van der Waals surface area contributed by atoms with Gasteiger partial charge in [-0.05, 0) is 57.5 Å². The highest BCUT2D eigenvalue weighted by molar-refractivity contribution is 5.92. The number of aryl methyl sites for hydroxylation is 1. The lowest BCUT2D eigenvalue weighted by molar-refractivity contribution is -0.137. The lowest BCUT2D eigenvalue weighted by atomic mass is 10.0. The summed E-state index contributed by atoms with van der Waals surface area (Å²) < 4.78 is 57.5. The first kappa shape index (κ1) is 23.9. The largest absolute Gasteiger partial charge is 0.484 e. The van der Waals surface area contributed by atoms with Crippen molar-refractivity contribution >= 4 is 22.4 Å². The molecule has 0 saturated heterocycles. The second-order valence-corrected chi connectivity index (χ2v) is 8.58. The van der Waals surface area contributed by atoms with Gasteiger partial charge in [0.25, 0.3) is 0 Å². The molecule has 34 heavy (non-hydrogen) atoms. The molecule has 3 atom stereocenters. The van der Waals surface area contributed by atoms with E-state index < -0.39 is 17.8 Å². The molecule has 1 aromatic heterocycles. The van der Waals surface area contributed by atoms with Crippen molar-refractivity contribution in [1.29, 1.82) is 0 Å². The Morgan fingerprint density at radius 1 is 1.00 bits per heavy atom. The Balaban J connectivity index is 1.74. The fourth-order valence-electron chi connectivity index (χ4n) is 3.83. The third-order valence-corrected chi connectivity index (χ3v) is 5.39. The molecule has 182 valence electrons. The van der Waals surface area contributed by atoms with Gasteiger partial charge in [-0.25, -0.2) is 9.97 Å². The van der Waals surface area contributed by atoms with Gasteiger partial charge in [-0.3, -0.25) is 0 Å². The van der Waals surface area contributed by atoms with Crippen LogP contribution in [0.1, 0.15) is 43.8 Å². The predicted octanol–water partition coefficient (Wildman–Crippen LogP) is 5.28. The topological polar surface area (TPSA) is 91.5 Å². The SMILES string of the molecule is Cc1nc(N[C@H](C)c2cc(N)cc(C(F)(F)F)c2)c2cc3c(cc2n1)OC(C)COCC(C)O3. The van der Waals surface area contributed by atoms with Gasteiger partial charge < -0.3 is 25.3 Å². The zero-order valence-electron chi connectivity index (χ0n) is 19.4. The Bertz CT molecular complexity index is 1200. The molecule has 2 unspecified atom stereocenters. The number of fused-ring (bicyclic) bond motifs is 2. The van der Waals surface area contributed by atoms with Crippen LogP contribution in [0, 0.1) is 6.92 Å². The molecule has 0 fully saturated rings. The van der Waals surface area contributed by atoms with E-state index in [1.165, 1.54) is 6.07 Å². The summed E-state index contributed by atoms with van der Waals surface area (Å²) in [6.07, 6.45) is -4.89. The van der Waals surface area contributed by atoms with E-state index in [-0.39, 0.29) is 17.9 Å². The Labute approximate surface area is 195 Å². The summed E-state index contributed by atoms with van der Waals surface area (Å²) in [6.45, 7) is 8.14. The number of nitrogens with one attached hydrogen (secondary N) is 1. The molecule has 10 heteroatoms. The van der Waals surface area contributed by atoms with Crippen LogP contribution >= 0.6 is 0 Å². The number of hydrogen-bond donors (Lipinski definition) is 2. The molecule has 0 aliphatic carbocycles. The maximum Gasteiger partial charge on any atom is 0.416 e. The second kappa shape index (κ2) is 9.17. The van der Waals surface area contributed by atoms with Crippen LogP contribution < -0.4 is 20.5 Å². The van der Waals surface area contributed by atoms with Crippen molar-refractivity contribution in [3.63, 3.8) is 0 Å². The van der Waals surface area contributed by atoms with Crippen molar-refractivity contribution in [3.05, 3.63) is 47.3 Å². The summed E-state index contributed by atoms with van der Waals surface area (Å²) in [4.78, 5) is 9.03. The molecule has 1 aliphatic rings. The van der Waals surface area contributed by atoms with Crippen LogP contribution in [0.3, 0.4) is 0 Å². The molecule has 2 heterocycles. The number of alkyl halides is 3. The molecular weight excluding hydrogens is 449 g/mol. The van der Waals surface area contributed by atoms with Crippen LogP contribution in [0.15, 0.2) is 30.3 Å². The van der Waals surface area contributed by atoms with Gasteiger partial charge in [0.15, 0.2) is 11.5 Å². The van der Waals surface area contributed by atoms with Crippen molar-refractivity contribution in [2.45, 2.75) is 52.1 Å². The van der Waals surface area contributed by atoms with Crippen molar-refractivity contribution in [2.75, 3.05) is 24.3 Å². The molecule has 0 saturated carbocycles. The molecule has 3 N–H and O–H groups in total. The number of aromatic nitrogens is 2. The molecule has 2 aromatic carbocycles. The van der Waals surface area contributed by atoms with E-state index in [9.17, 15) is 13.2 Å². The lowest BCUT2D eigenvalue weighted by Crippen LogP contribution is -2.22. The third-order valence-electron chi connectivity index (χ3n) is 5.39. The summed E-state index contributed by atoms with van der Waals surface area (Å²) in [5.74, 6) is 2.03. The molecule has 7 nitrogen and oxygen atoms in total. The predicted molar refractivity (Wildman–Crippen MR) is 123 cm³/mol. The first-order valence-corrected chi connectivity index (χ1v) is 11.0. The van der Waals surface area contributed by atoms with E-state index >= 15 is 0 Å². The summed E-state index contributed by atoms with van der Waals surface area (Å²) >= 11 is 0. The molecule has 0 amide bonds. The maximum atomic E-state index is 13.3. The highest BCUT2D eigenvalue weighted by atomic mass is 19.4. The van der Waals surface area contributed by atoms with Gasteiger partial charge in [-0.2, -0.15) is 13.2 Å². The average molecular weight is 476 g/mol. The molecule has 1 aliphatic heterocycles. The van der Waals surface area contributed by atoms with Gasteiger partial charge in [0.05, 0.1) is 30.3 Å². The maximum absolute atomic E-state index is 13.3. The summed E-state index contributed by atoms with van der Waals surface area (Å²) in [7, 11) is 0. The number of rotatable bonds is 3. The van der Waals surface area contributed by atoms with Gasteiger partial charge in [0, 0.05) is 17.1 Å². The number of ether oxygens (including phenoxy) is 3. The Morgan fingerprint density at radius 2 is 1.65 bits per heavy atom. The highest BCUT2D eigenvalue weighted by Crippen LogP contribution is 2.38. The molecule has 3 aromatic rings. The summed E-state index contributed by atoms with van der Waals surface area (Å²) in [5, 5.41) is 3.87. The lowest BCUT2D eigenvalue weighted by Gasteiger charge is -2.20. The monoisotopic (exact) mass is 476 g/mol. The van der Waals surface area contributed by atoms with E-state index in [0.29, 0.717) is 52.8 Å². The van der Waals surface area contributed by atoms with E-state index in [1.807, 2.05) is 13.8 Å². The fourth-order valence-corrected chi connectivity index (χ4v) is 3.83. The summed E-state index contributed by atoms with van der Waals surface area (Å²) in [5.41, 5.74) is 5.99. The number of halogens is 3. The normalized spacial score (nSPS) is 19.7. The highest BCUT2D eigenvalue weighted by Gasteiger charge is 2.31. The van der Waals surface area contributed by atoms with Crippen LogP contribution in [0.25, 0.3) is 10.9 Å². The zero-order chi connectivity index (χ0) is 24.6. The van der Waals surface area contributed by atoms with Crippen molar-refractivity contribution in [3.8, 4) is 11.5 Å². The minimum atomic E-state index is -4.49. The Hall–Kier alpha value is -3.27. The standard InChI is InChI=1S/C24H27F3N4O3/c1-12-10-32-11-13(2)34-22-9-20-19(8-21(22)33-12)23(31-15(4)30-20)29-14(3)16-5-17(24(25,26)27)7-18(28)6-16/h5-9,12-14H,10-11,28H2,1-4H3,(H,29,30,31)/t12?,13?,14-/m1/s1. The number of nitrogens with zero attached hydrogens (tertiary/aromatic N) is 2. The average Bonchev–Trinajstić information content (AvgIpc) is 2.79. The second-order valence-electron chi connectivity index (χ2n) is 8.58. The van der Waals surface area contributed by atoms with Gasteiger partial charge in [0.1, 0.15) is 23.9 Å². The van der Waals surface area contributed by atoms with Crippen LogP contribution in [-0.4, -0.2) is 35.4 Å². The molecular formula is C24H27F3N4O3. The van der Waals surface area contributed by atoms with Gasteiger partial charge in [-0.15, -0.1) is 0 Å². The summed E-state index contributed by atoms with van der Waals surface area (Å²) in [6, 6.07) is 6.58. The molecule has 0 bridgehead atoms. The fraction of sp³-hybridized carbons (Fsp3) is 0.417. The molecule has 0 spiro atoms. The molecule has 4 rings (SSSR count). The van der Waals surface area contributed by atoms with Crippen LogP contribution in [-0.2, 0) is 10.9 Å². The van der Waals surface area contributed by atoms with Crippen LogP contribution in [0.2, 0.25) is 0 Å². The number of hydrogen-bond acceptors (Lipinski definition) is 7. The van der Waals surface area contributed by atoms with E-state index in [1.54, 1.807) is 26.0 Å². The molecule has 0 radical (unpaired) electrons. The van der Waals surface area contributed by atoms with E-state index in [4.69, 9.17) is 19.9 Å². The van der Waals surface area contributed by atoms with E-state index in [2.05, 4.69) is 15.3 Å². The number of nitrogen functional groups attached to an aromatic ring is 1. The van der Waals surface area contributed by atoms with Crippen molar-refractivity contribution < 1.29 is 27.4 Å². The minimum absolute atomic E-state index is 0.0375. The Morgan fingerprint density at radius 3 is 2.29 bits per heavy atom. The number of benzene rings is 2. The minimum Gasteiger partial charge on any atom is -0.484 e. The smallest absolute Gasteiger partial charge is 0.416 e. The van der Waals surface area contributed by atoms with Crippen LogP contribution in [0.4, 0.5) is 24.7 Å². The quantitative estimate of drug-likeness (QED) is 0.497. The number of nitrogens with two attached hydrogens (primary N) is 1. The zero-order valence-corrected chi connectivity index (χ0v) is 19.4. The van der Waals surface area contributed by atoms with Gasteiger partial charge >= 0.3 is 6.18 Å². The van der Waals surface area contributed by atoms with Crippen molar-refractivity contribution in [1.82, 2.24) is 9.97 Å². The third kappa shape index (κ3) is 5.27. The van der Waals surface area contributed by atoms with Gasteiger partial charge in [-0.1, -0.05) is 0 Å². The first-order valence-electron chi connectivity index (χ1n) is 11.0. The first-order chi connectivity index (χ1) is 16.0. The van der Waals surface area contributed by atoms with Crippen molar-refractivity contribution in [2.24, 2.45) is 0 Å². The van der Waals surface area contributed by atoms with E-state index in [0.717, 1.165) is 12.1 Å². The number of anilines is 2. The van der Waals surface area contributed by atoms with Gasteiger partial charge in [0.2, 0.25) is 0 Å². The van der Waals surface area contributed by atoms with Crippen LogP contribution in [0.5, 0.6) is 11.5 Å².